The summed E-state index contributed by atoms with van der Waals surface area (Å²) < 4.78 is 26.9. The number of rotatable bonds is 3. The van der Waals surface area contributed by atoms with Gasteiger partial charge in [0.1, 0.15) is 0 Å². The molecule has 17 heavy (non-hydrogen) atoms. The Morgan fingerprint density at radius 3 is 2.24 bits per heavy atom. The summed E-state index contributed by atoms with van der Waals surface area (Å²) in [6.45, 7) is 0. The van der Waals surface area contributed by atoms with E-state index in [0.29, 0.717) is 12.8 Å². The fourth-order valence-electron chi connectivity index (χ4n) is 2.21. The molecule has 2 rings (SSSR count). The molecular formula is C12H18N2O2S. The van der Waals surface area contributed by atoms with Crippen LogP contribution >= 0.6 is 0 Å². The van der Waals surface area contributed by atoms with Crippen LogP contribution in [-0.2, 0) is 10.0 Å². The number of benzene rings is 1. The summed E-state index contributed by atoms with van der Waals surface area (Å²) in [6, 6.07) is 8.36. The third-order valence-corrected chi connectivity index (χ3v) is 4.70. The molecule has 1 aromatic rings. The second kappa shape index (κ2) is 4.76. The fourth-order valence-corrected chi connectivity index (χ4v) is 3.58. The van der Waals surface area contributed by atoms with Crippen LogP contribution in [0.3, 0.4) is 0 Å². The Hall–Kier alpha value is -0.910. The molecular weight excluding hydrogens is 236 g/mol. The van der Waals surface area contributed by atoms with Crippen LogP contribution in [0, 0.1) is 0 Å². The molecule has 1 aromatic carbocycles. The van der Waals surface area contributed by atoms with Crippen LogP contribution in [0.5, 0.6) is 0 Å². The number of hydrogen-bond acceptors (Lipinski definition) is 3. The van der Waals surface area contributed by atoms with Crippen molar-refractivity contribution in [1.29, 1.82) is 0 Å². The molecule has 0 saturated heterocycles. The Bertz CT molecular complexity index is 465. The van der Waals surface area contributed by atoms with Crippen LogP contribution in [0.1, 0.15) is 32.1 Å². The second-order valence-electron chi connectivity index (χ2n) is 4.64. The molecule has 0 spiro atoms. The molecule has 0 atom stereocenters. The number of hydrogen-bond donors (Lipinski definition) is 2. The number of nitrogens with two attached hydrogens (primary N) is 1. The van der Waals surface area contributed by atoms with Gasteiger partial charge in [-0.2, -0.15) is 4.72 Å². The van der Waals surface area contributed by atoms with E-state index in [1.54, 1.807) is 30.3 Å². The normalized spacial score (nSPS) is 20.1. The largest absolute Gasteiger partial charge is 0.312 e. The highest BCUT2D eigenvalue weighted by Crippen LogP contribution is 2.25. The lowest BCUT2D eigenvalue weighted by molar-refractivity contribution is 0.277. The third-order valence-electron chi connectivity index (χ3n) is 3.14. The van der Waals surface area contributed by atoms with E-state index in [4.69, 9.17) is 5.73 Å². The zero-order valence-electron chi connectivity index (χ0n) is 9.72. The Labute approximate surface area is 102 Å². The maximum atomic E-state index is 12.1. The van der Waals surface area contributed by atoms with Gasteiger partial charge >= 0.3 is 0 Å². The van der Waals surface area contributed by atoms with E-state index in [1.165, 1.54) is 0 Å². The van der Waals surface area contributed by atoms with Crippen LogP contribution in [0.2, 0.25) is 0 Å². The van der Waals surface area contributed by atoms with Crippen molar-refractivity contribution in [2.24, 2.45) is 5.73 Å². The molecule has 0 heterocycles. The Kier molecular flexibility index (Phi) is 3.51. The monoisotopic (exact) mass is 254 g/mol. The summed E-state index contributed by atoms with van der Waals surface area (Å²) >= 11 is 0. The van der Waals surface area contributed by atoms with Gasteiger partial charge in [-0.3, -0.25) is 0 Å². The molecule has 0 aliphatic heterocycles. The lowest BCUT2D eigenvalue weighted by atomic mass is 9.91. The first kappa shape index (κ1) is 12.5. The van der Waals surface area contributed by atoms with Gasteiger partial charge in [-0.15, -0.1) is 0 Å². The van der Waals surface area contributed by atoms with E-state index >= 15 is 0 Å². The van der Waals surface area contributed by atoms with Gasteiger partial charge < -0.3 is 5.73 Å². The van der Waals surface area contributed by atoms with Gasteiger partial charge in [0.25, 0.3) is 0 Å². The number of sulfonamides is 1. The predicted octanol–water partition coefficient (Wildman–Crippen LogP) is 1.58. The SMILES string of the molecule is NC1(NS(=O)(=O)c2ccccc2)CCCCC1. The van der Waals surface area contributed by atoms with Crippen molar-refractivity contribution in [2.75, 3.05) is 0 Å². The molecule has 0 amide bonds. The maximum Gasteiger partial charge on any atom is 0.242 e. The molecule has 0 bridgehead atoms. The Morgan fingerprint density at radius 1 is 1.06 bits per heavy atom. The minimum Gasteiger partial charge on any atom is -0.312 e. The topological polar surface area (TPSA) is 72.2 Å². The Balaban J connectivity index is 2.17. The summed E-state index contributed by atoms with van der Waals surface area (Å²) in [5.74, 6) is 0. The van der Waals surface area contributed by atoms with Gasteiger partial charge in [0.05, 0.1) is 10.6 Å². The first-order chi connectivity index (χ1) is 8.02. The highest BCUT2D eigenvalue weighted by Gasteiger charge is 2.32. The Morgan fingerprint density at radius 2 is 1.65 bits per heavy atom. The van der Waals surface area contributed by atoms with Crippen molar-refractivity contribution in [1.82, 2.24) is 4.72 Å². The zero-order chi connectivity index (χ0) is 12.4. The van der Waals surface area contributed by atoms with Crippen molar-refractivity contribution >= 4 is 10.0 Å². The van der Waals surface area contributed by atoms with Gasteiger partial charge in [0.2, 0.25) is 10.0 Å². The van der Waals surface area contributed by atoms with Crippen LogP contribution in [0.15, 0.2) is 35.2 Å². The van der Waals surface area contributed by atoms with E-state index in [-0.39, 0.29) is 4.90 Å². The van der Waals surface area contributed by atoms with Crippen LogP contribution in [0.25, 0.3) is 0 Å². The molecule has 1 aliphatic carbocycles. The van der Waals surface area contributed by atoms with E-state index in [0.717, 1.165) is 19.3 Å². The minimum atomic E-state index is -3.49. The average molecular weight is 254 g/mol. The summed E-state index contributed by atoms with van der Waals surface area (Å²) in [6.07, 6.45) is 4.51. The van der Waals surface area contributed by atoms with Crippen LogP contribution in [0.4, 0.5) is 0 Å². The van der Waals surface area contributed by atoms with Gasteiger partial charge in [-0.1, -0.05) is 37.5 Å². The van der Waals surface area contributed by atoms with Gasteiger partial charge in [-0.25, -0.2) is 8.42 Å². The third kappa shape index (κ3) is 3.06. The zero-order valence-corrected chi connectivity index (χ0v) is 10.5. The second-order valence-corrected chi connectivity index (χ2v) is 6.32. The molecule has 0 aromatic heterocycles. The van der Waals surface area contributed by atoms with Gasteiger partial charge in [0.15, 0.2) is 0 Å². The highest BCUT2D eigenvalue weighted by molar-refractivity contribution is 7.89. The molecule has 3 N–H and O–H groups in total. The maximum absolute atomic E-state index is 12.1. The highest BCUT2D eigenvalue weighted by atomic mass is 32.2. The number of nitrogens with one attached hydrogen (secondary N) is 1. The lowest BCUT2D eigenvalue weighted by Crippen LogP contribution is -2.56. The summed E-state index contributed by atoms with van der Waals surface area (Å²) in [7, 11) is -3.49. The van der Waals surface area contributed by atoms with Crippen molar-refractivity contribution in [3.8, 4) is 0 Å². The quantitative estimate of drug-likeness (QED) is 0.804. The minimum absolute atomic E-state index is 0.274. The average Bonchev–Trinajstić information content (AvgIpc) is 2.30. The van der Waals surface area contributed by atoms with Crippen LogP contribution in [-0.4, -0.2) is 14.1 Å². The standard InChI is InChI=1S/C12H18N2O2S/c13-12(9-5-2-6-10-12)14-17(15,16)11-7-3-1-4-8-11/h1,3-4,7-8,14H,2,5-6,9-10,13H2. The van der Waals surface area contributed by atoms with E-state index in [9.17, 15) is 8.42 Å². The molecule has 1 aliphatic rings. The van der Waals surface area contributed by atoms with E-state index < -0.39 is 15.7 Å². The van der Waals surface area contributed by atoms with Crippen molar-refractivity contribution in [3.05, 3.63) is 30.3 Å². The first-order valence-corrected chi connectivity index (χ1v) is 7.38. The summed E-state index contributed by atoms with van der Waals surface area (Å²) in [5, 5.41) is 0. The van der Waals surface area contributed by atoms with Crippen molar-refractivity contribution < 1.29 is 8.42 Å². The molecule has 94 valence electrons. The molecule has 0 radical (unpaired) electrons. The van der Waals surface area contributed by atoms with Crippen molar-refractivity contribution in [2.45, 2.75) is 42.7 Å². The van der Waals surface area contributed by atoms with Crippen molar-refractivity contribution in [3.63, 3.8) is 0 Å². The molecule has 4 nitrogen and oxygen atoms in total. The van der Waals surface area contributed by atoms with E-state index in [2.05, 4.69) is 4.72 Å². The predicted molar refractivity (Wildman–Crippen MR) is 66.8 cm³/mol. The summed E-state index contributed by atoms with van der Waals surface area (Å²) in [5.41, 5.74) is 5.32. The van der Waals surface area contributed by atoms with Gasteiger partial charge in [-0.05, 0) is 25.0 Å². The smallest absolute Gasteiger partial charge is 0.242 e. The van der Waals surface area contributed by atoms with E-state index in [1.807, 2.05) is 0 Å². The molecule has 5 heteroatoms. The lowest BCUT2D eigenvalue weighted by Gasteiger charge is -2.33. The van der Waals surface area contributed by atoms with Crippen LogP contribution < -0.4 is 10.5 Å². The summed E-state index contributed by atoms with van der Waals surface area (Å²) in [4.78, 5) is 0.274. The van der Waals surface area contributed by atoms with Gasteiger partial charge in [0, 0.05) is 0 Å². The molecule has 1 saturated carbocycles. The molecule has 1 fully saturated rings. The fraction of sp³-hybridized carbons (Fsp3) is 0.500. The first-order valence-electron chi connectivity index (χ1n) is 5.90. The molecule has 0 unspecified atom stereocenters.